The second-order valence-corrected chi connectivity index (χ2v) is 7.00. The third-order valence-corrected chi connectivity index (χ3v) is 5.25. The van der Waals surface area contributed by atoms with E-state index in [1.165, 1.54) is 4.90 Å². The monoisotopic (exact) mass is 311 g/mol. The molecule has 0 saturated heterocycles. The Bertz CT molecular complexity index is 526. The molecule has 0 spiro atoms. The van der Waals surface area contributed by atoms with Gasteiger partial charge < -0.3 is 14.7 Å². The number of thiophene rings is 1. The molecule has 1 aromatic rings. The van der Waals surface area contributed by atoms with Crippen molar-refractivity contribution < 1.29 is 19.4 Å². The molecule has 0 aromatic carbocycles. The zero-order valence-corrected chi connectivity index (χ0v) is 13.4. The van der Waals surface area contributed by atoms with Crippen molar-refractivity contribution in [3.05, 3.63) is 22.4 Å². The number of hydrogen-bond acceptors (Lipinski definition) is 4. The molecule has 1 atom stereocenters. The van der Waals surface area contributed by atoms with Crippen molar-refractivity contribution in [2.45, 2.75) is 25.7 Å². The Morgan fingerprint density at radius 1 is 1.48 bits per heavy atom. The van der Waals surface area contributed by atoms with Gasteiger partial charge in [-0.15, -0.1) is 11.3 Å². The summed E-state index contributed by atoms with van der Waals surface area (Å²) in [7, 11) is 1.54. The van der Waals surface area contributed by atoms with Crippen molar-refractivity contribution in [2.24, 2.45) is 5.41 Å². The average molecular weight is 311 g/mol. The molecule has 0 aliphatic heterocycles. The molecule has 0 unspecified atom stereocenters. The van der Waals surface area contributed by atoms with Crippen LogP contribution >= 0.6 is 11.3 Å². The Morgan fingerprint density at radius 3 is 2.57 bits per heavy atom. The standard InChI is InChI=1S/C15H21NO4S/c1-14(2)10-15(14,11-5-4-8-21-11)13(19)16(6-7-20-3)9-12(17)18/h4-5,8H,6-7,9-10H2,1-3H3,(H,17,18)/t15-/m1/s1. The summed E-state index contributed by atoms with van der Waals surface area (Å²) in [5, 5.41) is 11.0. The molecule has 116 valence electrons. The fraction of sp³-hybridized carbons (Fsp3) is 0.600. The number of methoxy groups -OCH3 is 1. The first-order valence-corrected chi connectivity index (χ1v) is 7.77. The van der Waals surface area contributed by atoms with Crippen LogP contribution in [0.4, 0.5) is 0 Å². The zero-order valence-electron chi connectivity index (χ0n) is 12.6. The highest BCUT2D eigenvalue weighted by Crippen LogP contribution is 2.66. The van der Waals surface area contributed by atoms with E-state index in [-0.39, 0.29) is 17.9 Å². The van der Waals surface area contributed by atoms with Gasteiger partial charge in [0.25, 0.3) is 0 Å². The van der Waals surface area contributed by atoms with E-state index >= 15 is 0 Å². The second-order valence-electron chi connectivity index (χ2n) is 6.06. The number of hydrogen-bond donors (Lipinski definition) is 1. The SMILES string of the molecule is COCCN(CC(=O)O)C(=O)[C@]1(c2cccs2)CC1(C)C. The van der Waals surface area contributed by atoms with Crippen LogP contribution in [0.5, 0.6) is 0 Å². The molecule has 1 amide bonds. The molecule has 1 saturated carbocycles. The predicted octanol–water partition coefficient (Wildman–Crippen LogP) is 1.98. The molecule has 6 heteroatoms. The highest BCUT2D eigenvalue weighted by Gasteiger charge is 2.68. The molecule has 1 aliphatic rings. The minimum Gasteiger partial charge on any atom is -0.480 e. The van der Waals surface area contributed by atoms with Crippen molar-refractivity contribution in [3.63, 3.8) is 0 Å². The molecule has 21 heavy (non-hydrogen) atoms. The Hall–Kier alpha value is -1.40. The van der Waals surface area contributed by atoms with E-state index in [0.29, 0.717) is 13.2 Å². The van der Waals surface area contributed by atoms with Gasteiger partial charge in [-0.25, -0.2) is 0 Å². The lowest BCUT2D eigenvalue weighted by molar-refractivity contribution is -0.146. The first-order chi connectivity index (χ1) is 9.85. The van der Waals surface area contributed by atoms with Crippen LogP contribution in [-0.4, -0.2) is 48.7 Å². The summed E-state index contributed by atoms with van der Waals surface area (Å²) in [5.74, 6) is -1.10. The van der Waals surface area contributed by atoms with Gasteiger partial charge in [0.1, 0.15) is 6.54 Å². The van der Waals surface area contributed by atoms with Gasteiger partial charge in [-0.05, 0) is 23.3 Å². The number of aliphatic carboxylic acids is 1. The van der Waals surface area contributed by atoms with Gasteiger partial charge in [-0.3, -0.25) is 9.59 Å². The van der Waals surface area contributed by atoms with Gasteiger partial charge in [0.05, 0.1) is 12.0 Å². The van der Waals surface area contributed by atoms with Crippen molar-refractivity contribution in [3.8, 4) is 0 Å². The molecule has 1 fully saturated rings. The van der Waals surface area contributed by atoms with Crippen LogP contribution in [0, 0.1) is 5.41 Å². The summed E-state index contributed by atoms with van der Waals surface area (Å²) >= 11 is 1.56. The molecule has 1 aromatic heterocycles. The second kappa shape index (κ2) is 5.77. The topological polar surface area (TPSA) is 66.8 Å². The molecular formula is C15H21NO4S. The highest BCUT2D eigenvalue weighted by atomic mass is 32.1. The van der Waals surface area contributed by atoms with Crippen LogP contribution in [0.2, 0.25) is 0 Å². The first kappa shape index (κ1) is 16.0. The minimum absolute atomic E-state index is 0.102. The normalized spacial score (nSPS) is 22.8. The van der Waals surface area contributed by atoms with Gasteiger partial charge in [0.15, 0.2) is 0 Å². The lowest BCUT2D eigenvalue weighted by Crippen LogP contribution is -2.45. The molecule has 1 heterocycles. The zero-order chi connectivity index (χ0) is 15.7. The summed E-state index contributed by atoms with van der Waals surface area (Å²) in [4.78, 5) is 26.5. The largest absolute Gasteiger partial charge is 0.480 e. The van der Waals surface area contributed by atoms with E-state index < -0.39 is 11.4 Å². The first-order valence-electron chi connectivity index (χ1n) is 6.89. The highest BCUT2D eigenvalue weighted by molar-refractivity contribution is 7.10. The molecule has 1 N–H and O–H groups in total. The van der Waals surface area contributed by atoms with Crippen LogP contribution in [0.25, 0.3) is 0 Å². The van der Waals surface area contributed by atoms with Crippen LogP contribution in [0.15, 0.2) is 17.5 Å². The third kappa shape index (κ3) is 2.82. The summed E-state index contributed by atoms with van der Waals surface area (Å²) in [6.07, 6.45) is 0.752. The smallest absolute Gasteiger partial charge is 0.323 e. The number of rotatable bonds is 7. The molecule has 2 rings (SSSR count). The summed E-state index contributed by atoms with van der Waals surface area (Å²) in [6, 6.07) is 3.90. The van der Waals surface area contributed by atoms with E-state index in [2.05, 4.69) is 13.8 Å². The van der Waals surface area contributed by atoms with Gasteiger partial charge in [0.2, 0.25) is 5.91 Å². The summed E-state index contributed by atoms with van der Waals surface area (Å²) in [5.41, 5.74) is -0.719. The van der Waals surface area contributed by atoms with Crippen molar-refractivity contribution >= 4 is 23.2 Å². The van der Waals surface area contributed by atoms with Crippen LogP contribution in [0.1, 0.15) is 25.1 Å². The van der Waals surface area contributed by atoms with E-state index in [1.54, 1.807) is 18.4 Å². The molecular weight excluding hydrogens is 290 g/mol. The fourth-order valence-corrected chi connectivity index (χ4v) is 4.02. The number of ether oxygens (including phenoxy) is 1. The Morgan fingerprint density at radius 2 is 2.14 bits per heavy atom. The van der Waals surface area contributed by atoms with E-state index in [9.17, 15) is 9.59 Å². The Kier molecular flexibility index (Phi) is 4.39. The van der Waals surface area contributed by atoms with Gasteiger partial charge in [-0.1, -0.05) is 19.9 Å². The maximum absolute atomic E-state index is 13.0. The number of amides is 1. The van der Waals surface area contributed by atoms with Gasteiger partial charge in [0, 0.05) is 18.5 Å². The Labute approximate surface area is 128 Å². The lowest BCUT2D eigenvalue weighted by Gasteiger charge is -2.27. The number of carbonyl (C=O) groups is 2. The van der Waals surface area contributed by atoms with Crippen LogP contribution in [0.3, 0.4) is 0 Å². The molecule has 0 radical (unpaired) electrons. The fourth-order valence-electron chi connectivity index (χ4n) is 2.92. The van der Waals surface area contributed by atoms with Crippen molar-refractivity contribution in [1.29, 1.82) is 0 Å². The van der Waals surface area contributed by atoms with E-state index in [1.807, 2.05) is 17.5 Å². The van der Waals surface area contributed by atoms with E-state index in [0.717, 1.165) is 11.3 Å². The quantitative estimate of drug-likeness (QED) is 0.836. The maximum Gasteiger partial charge on any atom is 0.323 e. The average Bonchev–Trinajstić information content (AvgIpc) is 2.82. The maximum atomic E-state index is 13.0. The number of nitrogens with zero attached hydrogens (tertiary/aromatic N) is 1. The molecule has 5 nitrogen and oxygen atoms in total. The predicted molar refractivity (Wildman–Crippen MR) is 80.5 cm³/mol. The lowest BCUT2D eigenvalue weighted by atomic mass is 9.92. The number of carboxylic acid groups (broad SMARTS) is 1. The third-order valence-electron chi connectivity index (χ3n) is 4.22. The minimum atomic E-state index is -1.00. The summed E-state index contributed by atoms with van der Waals surface area (Å²) < 4.78 is 5.00. The van der Waals surface area contributed by atoms with Crippen molar-refractivity contribution in [1.82, 2.24) is 4.90 Å². The van der Waals surface area contributed by atoms with Gasteiger partial charge >= 0.3 is 5.97 Å². The Balaban J connectivity index is 2.27. The van der Waals surface area contributed by atoms with Crippen LogP contribution in [-0.2, 0) is 19.7 Å². The molecule has 0 bridgehead atoms. The van der Waals surface area contributed by atoms with E-state index in [4.69, 9.17) is 9.84 Å². The molecule has 1 aliphatic carbocycles. The summed E-state index contributed by atoms with van der Waals surface area (Å²) in [6.45, 7) is 4.45. The van der Waals surface area contributed by atoms with Gasteiger partial charge in [-0.2, -0.15) is 0 Å². The van der Waals surface area contributed by atoms with Crippen molar-refractivity contribution in [2.75, 3.05) is 26.8 Å². The van der Waals surface area contributed by atoms with Crippen LogP contribution < -0.4 is 0 Å². The number of carbonyl (C=O) groups excluding carboxylic acids is 1. The number of carboxylic acids is 1.